The minimum Gasteiger partial charge on any atom is -0.497 e. The summed E-state index contributed by atoms with van der Waals surface area (Å²) in [4.78, 5) is 12.0. The molecule has 0 unspecified atom stereocenters. The largest absolute Gasteiger partial charge is 0.497 e. The van der Waals surface area contributed by atoms with Gasteiger partial charge in [0.05, 0.1) is 19.2 Å². The number of hydrazine groups is 1. The van der Waals surface area contributed by atoms with Crippen LogP contribution in [0.2, 0.25) is 0 Å². The molecular formula is C15H20N2O3. The Morgan fingerprint density at radius 1 is 1.35 bits per heavy atom. The molecule has 1 amide bonds. The molecule has 2 aliphatic rings. The van der Waals surface area contributed by atoms with Gasteiger partial charge in [0.25, 0.3) is 0 Å². The maximum Gasteiger partial charge on any atom is 0.238 e. The first-order chi connectivity index (χ1) is 9.74. The topological polar surface area (TPSA) is 53.0 Å². The highest BCUT2D eigenvalue weighted by Crippen LogP contribution is 2.40. The summed E-state index contributed by atoms with van der Waals surface area (Å²) in [7, 11) is 1.66. The smallest absolute Gasteiger partial charge is 0.238 e. The molecule has 5 nitrogen and oxygen atoms in total. The van der Waals surface area contributed by atoms with Crippen molar-refractivity contribution in [3.05, 3.63) is 29.8 Å². The van der Waals surface area contributed by atoms with Crippen LogP contribution >= 0.6 is 0 Å². The van der Waals surface area contributed by atoms with Gasteiger partial charge in [0, 0.05) is 19.6 Å². The number of methoxy groups -OCH3 is 1. The van der Waals surface area contributed by atoms with Crippen molar-refractivity contribution in [2.75, 3.05) is 20.3 Å². The fourth-order valence-corrected chi connectivity index (χ4v) is 3.30. The summed E-state index contributed by atoms with van der Waals surface area (Å²) < 4.78 is 5.18. The average Bonchev–Trinajstić information content (AvgIpc) is 3.02. The van der Waals surface area contributed by atoms with Crippen molar-refractivity contribution in [2.24, 2.45) is 0 Å². The number of carbonyl (C=O) groups excluding carboxylic acids is 1. The zero-order valence-electron chi connectivity index (χ0n) is 11.7. The van der Waals surface area contributed by atoms with Gasteiger partial charge in [-0.15, -0.1) is 0 Å². The Hall–Kier alpha value is -1.59. The molecule has 20 heavy (non-hydrogen) atoms. The summed E-state index contributed by atoms with van der Waals surface area (Å²) in [5.41, 5.74) is 1.20. The molecule has 0 bridgehead atoms. The number of nitrogens with zero attached hydrogens (tertiary/aromatic N) is 2. The SMILES string of the molecule is COc1ccc([C@H]2C[C@H](CCO)N3C(=O)CCN23)cc1. The van der Waals surface area contributed by atoms with Crippen molar-refractivity contribution in [1.29, 1.82) is 0 Å². The second-order valence-electron chi connectivity index (χ2n) is 5.34. The summed E-state index contributed by atoms with van der Waals surface area (Å²) in [5.74, 6) is 1.02. The highest BCUT2D eigenvalue weighted by Gasteiger charge is 2.45. The third-order valence-electron chi connectivity index (χ3n) is 4.25. The van der Waals surface area contributed by atoms with Crippen LogP contribution in [-0.4, -0.2) is 47.3 Å². The maximum atomic E-state index is 12.0. The minimum absolute atomic E-state index is 0.123. The van der Waals surface area contributed by atoms with Gasteiger partial charge in [-0.3, -0.25) is 9.80 Å². The first-order valence-corrected chi connectivity index (χ1v) is 7.08. The number of amides is 1. The zero-order chi connectivity index (χ0) is 14.1. The van der Waals surface area contributed by atoms with Gasteiger partial charge in [-0.2, -0.15) is 0 Å². The molecule has 2 aliphatic heterocycles. The maximum absolute atomic E-state index is 12.0. The van der Waals surface area contributed by atoms with Crippen LogP contribution in [0.5, 0.6) is 5.75 Å². The van der Waals surface area contributed by atoms with Crippen LogP contribution in [0.3, 0.4) is 0 Å². The number of carbonyl (C=O) groups is 1. The zero-order valence-corrected chi connectivity index (χ0v) is 11.7. The molecule has 2 fully saturated rings. The van der Waals surface area contributed by atoms with Gasteiger partial charge in [-0.25, -0.2) is 5.01 Å². The number of hydrogen-bond acceptors (Lipinski definition) is 4. The minimum atomic E-state index is 0.123. The van der Waals surface area contributed by atoms with Gasteiger partial charge < -0.3 is 9.84 Å². The van der Waals surface area contributed by atoms with E-state index in [1.165, 1.54) is 5.56 Å². The number of aliphatic hydroxyl groups excluding tert-OH is 1. The summed E-state index contributed by atoms with van der Waals surface area (Å²) in [5, 5.41) is 13.2. The van der Waals surface area contributed by atoms with Gasteiger partial charge in [-0.1, -0.05) is 12.1 Å². The van der Waals surface area contributed by atoms with Gasteiger partial charge >= 0.3 is 0 Å². The molecule has 3 rings (SSSR count). The monoisotopic (exact) mass is 276 g/mol. The van der Waals surface area contributed by atoms with Gasteiger partial charge in [0.15, 0.2) is 0 Å². The number of rotatable bonds is 4. The molecule has 2 saturated heterocycles. The van der Waals surface area contributed by atoms with Crippen LogP contribution in [0.4, 0.5) is 0 Å². The Morgan fingerprint density at radius 2 is 2.10 bits per heavy atom. The molecule has 5 heteroatoms. The lowest BCUT2D eigenvalue weighted by molar-refractivity contribution is -0.138. The Labute approximate surface area is 118 Å². The van der Waals surface area contributed by atoms with Crippen molar-refractivity contribution < 1.29 is 14.6 Å². The van der Waals surface area contributed by atoms with Crippen LogP contribution in [-0.2, 0) is 4.79 Å². The van der Waals surface area contributed by atoms with Crippen molar-refractivity contribution in [3.63, 3.8) is 0 Å². The van der Waals surface area contributed by atoms with Crippen molar-refractivity contribution in [1.82, 2.24) is 10.0 Å². The van der Waals surface area contributed by atoms with Crippen LogP contribution in [0, 0.1) is 0 Å². The molecule has 0 aliphatic carbocycles. The van der Waals surface area contributed by atoms with Crippen LogP contribution in [0.1, 0.15) is 30.9 Å². The Bertz CT molecular complexity index is 488. The van der Waals surface area contributed by atoms with E-state index in [1.54, 1.807) is 7.11 Å². The predicted octanol–water partition coefficient (Wildman–Crippen LogP) is 1.34. The van der Waals surface area contributed by atoms with Crippen LogP contribution in [0.25, 0.3) is 0 Å². The number of benzene rings is 1. The van der Waals surface area contributed by atoms with Crippen molar-refractivity contribution >= 4 is 5.91 Å². The van der Waals surface area contributed by atoms with E-state index in [4.69, 9.17) is 4.74 Å². The summed E-state index contributed by atoms with van der Waals surface area (Å²) in [6.45, 7) is 0.898. The standard InChI is InChI=1S/C15H20N2O3/c1-20-13-4-2-11(3-5-13)14-10-12(7-9-18)17-15(19)6-8-16(14)17/h2-5,12,14,18H,6-10H2,1H3/t12-,14+/m0/s1. The molecule has 0 radical (unpaired) electrons. The average molecular weight is 276 g/mol. The first kappa shape index (κ1) is 13.4. The summed E-state index contributed by atoms with van der Waals surface area (Å²) >= 11 is 0. The molecule has 0 saturated carbocycles. The van der Waals surface area contributed by atoms with E-state index in [-0.39, 0.29) is 24.6 Å². The number of aliphatic hydroxyl groups is 1. The number of hydrogen-bond donors (Lipinski definition) is 1. The molecule has 2 atom stereocenters. The van der Waals surface area contributed by atoms with E-state index in [1.807, 2.05) is 17.1 Å². The molecule has 0 spiro atoms. The molecule has 1 N–H and O–H groups in total. The fourth-order valence-electron chi connectivity index (χ4n) is 3.30. The molecule has 1 aromatic carbocycles. The van der Waals surface area contributed by atoms with E-state index in [9.17, 15) is 9.90 Å². The van der Waals surface area contributed by atoms with Crippen molar-refractivity contribution in [2.45, 2.75) is 31.3 Å². The number of fused-ring (bicyclic) bond motifs is 1. The lowest BCUT2D eigenvalue weighted by atomic mass is 9.99. The van der Waals surface area contributed by atoms with E-state index in [0.717, 1.165) is 18.7 Å². The lowest BCUT2D eigenvalue weighted by Crippen LogP contribution is -2.39. The third kappa shape index (κ3) is 2.17. The fraction of sp³-hybridized carbons (Fsp3) is 0.533. The Kier molecular flexibility index (Phi) is 3.63. The number of ether oxygens (including phenoxy) is 1. The van der Waals surface area contributed by atoms with Gasteiger partial charge in [-0.05, 0) is 30.5 Å². The predicted molar refractivity (Wildman–Crippen MR) is 74.0 cm³/mol. The first-order valence-electron chi connectivity index (χ1n) is 7.08. The molecule has 0 aromatic heterocycles. The Morgan fingerprint density at radius 3 is 2.75 bits per heavy atom. The molecule has 108 valence electrons. The van der Waals surface area contributed by atoms with E-state index < -0.39 is 0 Å². The molecule has 1 aromatic rings. The lowest BCUT2D eigenvalue weighted by Gasteiger charge is -2.27. The Balaban J connectivity index is 1.84. The quantitative estimate of drug-likeness (QED) is 0.901. The second kappa shape index (κ2) is 5.42. The molecule has 2 heterocycles. The highest BCUT2D eigenvalue weighted by molar-refractivity contribution is 5.78. The van der Waals surface area contributed by atoms with E-state index in [0.29, 0.717) is 12.8 Å². The normalized spacial score (nSPS) is 26.1. The summed E-state index contributed by atoms with van der Waals surface area (Å²) in [6, 6.07) is 8.39. The third-order valence-corrected chi connectivity index (χ3v) is 4.25. The van der Waals surface area contributed by atoms with E-state index >= 15 is 0 Å². The second-order valence-corrected chi connectivity index (χ2v) is 5.34. The van der Waals surface area contributed by atoms with Gasteiger partial charge in [0.1, 0.15) is 5.75 Å². The highest BCUT2D eigenvalue weighted by atomic mass is 16.5. The van der Waals surface area contributed by atoms with Crippen molar-refractivity contribution in [3.8, 4) is 5.75 Å². The van der Waals surface area contributed by atoms with Crippen LogP contribution < -0.4 is 4.74 Å². The summed E-state index contributed by atoms with van der Waals surface area (Å²) in [6.07, 6.45) is 2.11. The molecular weight excluding hydrogens is 256 g/mol. The van der Waals surface area contributed by atoms with E-state index in [2.05, 4.69) is 17.1 Å². The van der Waals surface area contributed by atoms with Gasteiger partial charge in [0.2, 0.25) is 5.91 Å². The van der Waals surface area contributed by atoms with Crippen LogP contribution in [0.15, 0.2) is 24.3 Å².